The molecule has 0 aliphatic rings. The van der Waals surface area contributed by atoms with E-state index in [2.05, 4.69) is 96.6 Å². The number of rotatable bonds is 4. The number of fused-ring (bicyclic) bond motifs is 1. The van der Waals surface area contributed by atoms with E-state index in [1.807, 2.05) is 0 Å². The Kier molecular flexibility index (Phi) is 3.64. The molecule has 0 saturated heterocycles. The standard InChI is InChI=1S/C28H23N/c1-19-18-29(26-10-3-2-9-24(19)26)17-5-8-20-11-12-23-14-13-21-6-4-7-22-15-16-25(20)28(23)27(21)22/h2-4,6-7,9-16,18H,5,8,17H2,1H3. The summed E-state index contributed by atoms with van der Waals surface area (Å²) in [6, 6.07) is 29.1. The zero-order chi connectivity index (χ0) is 19.4. The van der Waals surface area contributed by atoms with Crippen molar-refractivity contribution in [3.05, 3.63) is 96.2 Å². The molecule has 1 heteroatoms. The molecule has 0 radical (unpaired) electrons. The van der Waals surface area contributed by atoms with Crippen molar-refractivity contribution in [2.24, 2.45) is 0 Å². The van der Waals surface area contributed by atoms with Gasteiger partial charge in [-0.15, -0.1) is 0 Å². The lowest BCUT2D eigenvalue weighted by Gasteiger charge is -2.14. The SMILES string of the molecule is Cc1cn(CCCc2ccc3ccc4cccc5ccc2c3c45)c2ccccc12. The molecule has 0 fully saturated rings. The number of aryl methyl sites for hydroxylation is 3. The summed E-state index contributed by atoms with van der Waals surface area (Å²) in [6.07, 6.45) is 4.54. The Labute approximate surface area is 170 Å². The molecule has 0 unspecified atom stereocenters. The van der Waals surface area contributed by atoms with Crippen molar-refractivity contribution in [2.75, 3.05) is 0 Å². The first-order valence-electron chi connectivity index (χ1n) is 10.5. The number of para-hydroxylation sites is 1. The largest absolute Gasteiger partial charge is 0.347 e. The highest BCUT2D eigenvalue weighted by Gasteiger charge is 2.11. The van der Waals surface area contributed by atoms with Crippen LogP contribution in [0.5, 0.6) is 0 Å². The molecule has 1 heterocycles. The molecule has 0 bridgehead atoms. The van der Waals surface area contributed by atoms with Gasteiger partial charge in [-0.25, -0.2) is 0 Å². The van der Waals surface area contributed by atoms with Gasteiger partial charge in [-0.2, -0.15) is 0 Å². The summed E-state index contributed by atoms with van der Waals surface area (Å²) >= 11 is 0. The first-order chi connectivity index (χ1) is 14.3. The van der Waals surface area contributed by atoms with Crippen LogP contribution in [0.4, 0.5) is 0 Å². The number of hydrogen-bond donors (Lipinski definition) is 0. The normalized spacial score (nSPS) is 12.0. The summed E-state index contributed by atoms with van der Waals surface area (Å²) in [5.74, 6) is 0. The first kappa shape index (κ1) is 16.6. The van der Waals surface area contributed by atoms with E-state index in [0.717, 1.165) is 19.4 Å². The number of aromatic nitrogens is 1. The minimum Gasteiger partial charge on any atom is -0.347 e. The van der Waals surface area contributed by atoms with Crippen LogP contribution in [0.15, 0.2) is 85.1 Å². The Bertz CT molecular complexity index is 1470. The molecular weight excluding hydrogens is 350 g/mol. The second kappa shape index (κ2) is 6.35. The highest BCUT2D eigenvalue weighted by atomic mass is 15.0. The van der Waals surface area contributed by atoms with Crippen LogP contribution in [0.3, 0.4) is 0 Å². The van der Waals surface area contributed by atoms with Crippen LogP contribution in [-0.4, -0.2) is 4.57 Å². The molecule has 6 aromatic rings. The van der Waals surface area contributed by atoms with Crippen LogP contribution in [0, 0.1) is 6.92 Å². The average Bonchev–Trinajstić information content (AvgIpc) is 3.09. The van der Waals surface area contributed by atoms with E-state index in [9.17, 15) is 0 Å². The van der Waals surface area contributed by atoms with Crippen LogP contribution in [0.25, 0.3) is 43.2 Å². The number of hydrogen-bond acceptors (Lipinski definition) is 0. The fourth-order valence-electron chi connectivity index (χ4n) is 5.07. The van der Waals surface area contributed by atoms with Crippen molar-refractivity contribution in [1.29, 1.82) is 0 Å². The van der Waals surface area contributed by atoms with Crippen LogP contribution < -0.4 is 0 Å². The van der Waals surface area contributed by atoms with E-state index in [-0.39, 0.29) is 0 Å². The third-order valence-corrected chi connectivity index (χ3v) is 6.45. The van der Waals surface area contributed by atoms with E-state index in [1.54, 1.807) is 0 Å². The van der Waals surface area contributed by atoms with E-state index in [1.165, 1.54) is 54.3 Å². The van der Waals surface area contributed by atoms with Crippen LogP contribution in [-0.2, 0) is 13.0 Å². The quantitative estimate of drug-likeness (QED) is 0.282. The maximum absolute atomic E-state index is 2.42. The van der Waals surface area contributed by atoms with Gasteiger partial charge in [0.15, 0.2) is 0 Å². The molecule has 1 nitrogen and oxygen atoms in total. The second-order valence-electron chi connectivity index (χ2n) is 8.21. The van der Waals surface area contributed by atoms with E-state index >= 15 is 0 Å². The maximum Gasteiger partial charge on any atom is 0.0483 e. The van der Waals surface area contributed by atoms with Gasteiger partial charge in [0.1, 0.15) is 0 Å². The zero-order valence-corrected chi connectivity index (χ0v) is 16.7. The van der Waals surface area contributed by atoms with Crippen LogP contribution >= 0.6 is 0 Å². The fourth-order valence-corrected chi connectivity index (χ4v) is 5.07. The lowest BCUT2D eigenvalue weighted by atomic mass is 9.91. The van der Waals surface area contributed by atoms with Gasteiger partial charge >= 0.3 is 0 Å². The maximum atomic E-state index is 2.42. The molecular formula is C28H23N. The molecule has 0 atom stereocenters. The van der Waals surface area contributed by atoms with Crippen LogP contribution in [0.2, 0.25) is 0 Å². The molecule has 5 aromatic carbocycles. The predicted molar refractivity (Wildman–Crippen MR) is 125 cm³/mol. The van der Waals surface area contributed by atoms with E-state index < -0.39 is 0 Å². The molecule has 0 N–H and O–H groups in total. The van der Waals surface area contributed by atoms with E-state index in [4.69, 9.17) is 0 Å². The van der Waals surface area contributed by atoms with Crippen molar-refractivity contribution < 1.29 is 0 Å². The Morgan fingerprint density at radius 2 is 1.38 bits per heavy atom. The molecule has 0 amide bonds. The summed E-state index contributed by atoms with van der Waals surface area (Å²) in [4.78, 5) is 0. The van der Waals surface area contributed by atoms with Crippen molar-refractivity contribution >= 4 is 43.2 Å². The lowest BCUT2D eigenvalue weighted by Crippen LogP contribution is -1.99. The Morgan fingerprint density at radius 1 is 0.655 bits per heavy atom. The second-order valence-corrected chi connectivity index (χ2v) is 8.21. The summed E-state index contributed by atoms with van der Waals surface area (Å²) in [5.41, 5.74) is 4.17. The molecule has 6 rings (SSSR count). The molecule has 1 aromatic heterocycles. The monoisotopic (exact) mass is 373 g/mol. The minimum absolute atomic E-state index is 1.05. The number of nitrogens with zero attached hydrogens (tertiary/aromatic N) is 1. The van der Waals surface area contributed by atoms with Crippen molar-refractivity contribution in [3.8, 4) is 0 Å². The minimum atomic E-state index is 1.05. The molecule has 0 spiro atoms. The Morgan fingerprint density at radius 3 is 2.24 bits per heavy atom. The molecule has 29 heavy (non-hydrogen) atoms. The van der Waals surface area contributed by atoms with Gasteiger partial charge in [0, 0.05) is 23.6 Å². The van der Waals surface area contributed by atoms with Gasteiger partial charge in [0.2, 0.25) is 0 Å². The molecule has 0 saturated carbocycles. The zero-order valence-electron chi connectivity index (χ0n) is 16.7. The average molecular weight is 373 g/mol. The Balaban J connectivity index is 1.37. The third-order valence-electron chi connectivity index (χ3n) is 6.45. The number of benzene rings is 5. The van der Waals surface area contributed by atoms with Gasteiger partial charge in [0.25, 0.3) is 0 Å². The Hall–Kier alpha value is -3.32. The fraction of sp³-hybridized carbons (Fsp3) is 0.143. The summed E-state index contributed by atoms with van der Waals surface area (Å²) in [7, 11) is 0. The van der Waals surface area contributed by atoms with Crippen molar-refractivity contribution in [2.45, 2.75) is 26.3 Å². The highest BCUT2D eigenvalue weighted by Crippen LogP contribution is 2.36. The predicted octanol–water partition coefficient (Wildman–Crippen LogP) is 7.48. The van der Waals surface area contributed by atoms with Gasteiger partial charge in [-0.05, 0) is 69.3 Å². The molecule has 140 valence electrons. The van der Waals surface area contributed by atoms with Gasteiger partial charge in [0.05, 0.1) is 0 Å². The highest BCUT2D eigenvalue weighted by molar-refractivity contribution is 6.23. The van der Waals surface area contributed by atoms with E-state index in [0.29, 0.717) is 0 Å². The topological polar surface area (TPSA) is 4.93 Å². The molecule has 0 aliphatic carbocycles. The smallest absolute Gasteiger partial charge is 0.0483 e. The summed E-state index contributed by atoms with van der Waals surface area (Å²) in [6.45, 7) is 3.26. The third kappa shape index (κ3) is 2.54. The van der Waals surface area contributed by atoms with Gasteiger partial charge < -0.3 is 4.57 Å². The van der Waals surface area contributed by atoms with Crippen molar-refractivity contribution in [1.82, 2.24) is 4.57 Å². The summed E-state index contributed by atoms with van der Waals surface area (Å²) in [5, 5.41) is 9.66. The van der Waals surface area contributed by atoms with Gasteiger partial charge in [-0.3, -0.25) is 0 Å². The van der Waals surface area contributed by atoms with Gasteiger partial charge in [-0.1, -0.05) is 72.8 Å². The lowest BCUT2D eigenvalue weighted by molar-refractivity contribution is 0.662. The molecule has 0 aliphatic heterocycles. The first-order valence-corrected chi connectivity index (χ1v) is 10.5. The summed E-state index contributed by atoms with van der Waals surface area (Å²) < 4.78 is 2.42. The van der Waals surface area contributed by atoms with Crippen molar-refractivity contribution in [3.63, 3.8) is 0 Å². The van der Waals surface area contributed by atoms with Crippen LogP contribution in [0.1, 0.15) is 17.5 Å².